The van der Waals surface area contributed by atoms with E-state index in [1.165, 1.54) is 31.9 Å². The minimum absolute atomic E-state index is 0.101. The van der Waals surface area contributed by atoms with Crippen molar-refractivity contribution >= 4 is 17.3 Å². The lowest BCUT2D eigenvalue weighted by Crippen LogP contribution is -2.29. The maximum atomic E-state index is 11.1. The molecular weight excluding hydrogens is 340 g/mol. The number of nitrogens with one attached hydrogen (secondary N) is 1. The molecule has 1 N–H and O–H groups in total. The summed E-state index contributed by atoms with van der Waals surface area (Å²) in [5.41, 5.74) is 3.73. The van der Waals surface area contributed by atoms with Crippen LogP contribution in [-0.2, 0) is 4.79 Å². The van der Waals surface area contributed by atoms with Crippen molar-refractivity contribution in [1.29, 1.82) is 0 Å². The summed E-state index contributed by atoms with van der Waals surface area (Å²) in [5.74, 6) is 0.927. The number of rotatable bonds is 4. The van der Waals surface area contributed by atoms with Crippen molar-refractivity contribution in [3.63, 3.8) is 0 Å². The van der Waals surface area contributed by atoms with Gasteiger partial charge in [-0.15, -0.1) is 0 Å². The van der Waals surface area contributed by atoms with Crippen LogP contribution in [0.4, 0.5) is 11.4 Å². The van der Waals surface area contributed by atoms with E-state index in [2.05, 4.69) is 32.5 Å². The summed E-state index contributed by atoms with van der Waals surface area (Å²) in [5, 5.41) is 6.84. The van der Waals surface area contributed by atoms with Crippen molar-refractivity contribution in [2.45, 2.75) is 26.2 Å². The number of benzene rings is 2. The summed E-state index contributed by atoms with van der Waals surface area (Å²) in [6.45, 7) is 3.73. The molecule has 138 valence electrons. The highest BCUT2D eigenvalue weighted by molar-refractivity contribution is 5.88. The van der Waals surface area contributed by atoms with Gasteiger partial charge in [0.25, 0.3) is 5.89 Å². The van der Waals surface area contributed by atoms with Gasteiger partial charge in [-0.25, -0.2) is 0 Å². The average Bonchev–Trinajstić information content (AvgIpc) is 3.19. The molecule has 4 rings (SSSR count). The van der Waals surface area contributed by atoms with Crippen LogP contribution in [0.15, 0.2) is 53.1 Å². The lowest BCUT2D eigenvalue weighted by molar-refractivity contribution is -0.114. The van der Waals surface area contributed by atoms with Gasteiger partial charge in [0.05, 0.1) is 0 Å². The fourth-order valence-electron chi connectivity index (χ4n) is 3.33. The quantitative estimate of drug-likeness (QED) is 0.747. The number of hydrogen-bond acceptors (Lipinski definition) is 5. The van der Waals surface area contributed by atoms with E-state index in [0.29, 0.717) is 11.7 Å². The van der Waals surface area contributed by atoms with E-state index in [1.807, 2.05) is 36.4 Å². The van der Waals surface area contributed by atoms with Gasteiger partial charge in [0.1, 0.15) is 0 Å². The Morgan fingerprint density at radius 2 is 1.63 bits per heavy atom. The van der Waals surface area contributed by atoms with Crippen LogP contribution in [0, 0.1) is 0 Å². The molecule has 27 heavy (non-hydrogen) atoms. The van der Waals surface area contributed by atoms with Crippen molar-refractivity contribution in [3.8, 4) is 22.8 Å². The number of amides is 1. The van der Waals surface area contributed by atoms with E-state index >= 15 is 0 Å². The molecule has 1 aliphatic heterocycles. The van der Waals surface area contributed by atoms with E-state index in [0.717, 1.165) is 29.9 Å². The van der Waals surface area contributed by atoms with Gasteiger partial charge in [-0.2, -0.15) is 4.98 Å². The van der Waals surface area contributed by atoms with Crippen molar-refractivity contribution in [3.05, 3.63) is 48.5 Å². The number of nitrogens with zero attached hydrogens (tertiary/aromatic N) is 3. The van der Waals surface area contributed by atoms with Gasteiger partial charge < -0.3 is 14.7 Å². The third-order valence-electron chi connectivity index (χ3n) is 4.72. The molecule has 6 nitrogen and oxygen atoms in total. The normalized spacial score (nSPS) is 14.2. The predicted octanol–water partition coefficient (Wildman–Crippen LogP) is 4.35. The van der Waals surface area contributed by atoms with Crippen LogP contribution in [0.3, 0.4) is 0 Å². The Balaban J connectivity index is 1.49. The van der Waals surface area contributed by atoms with Gasteiger partial charge in [0.15, 0.2) is 0 Å². The first kappa shape index (κ1) is 17.3. The molecule has 6 heteroatoms. The minimum atomic E-state index is -0.101. The van der Waals surface area contributed by atoms with Gasteiger partial charge in [-0.3, -0.25) is 4.79 Å². The van der Waals surface area contributed by atoms with Crippen LogP contribution in [0.1, 0.15) is 26.2 Å². The van der Waals surface area contributed by atoms with Crippen LogP contribution in [0.2, 0.25) is 0 Å². The van der Waals surface area contributed by atoms with Crippen molar-refractivity contribution < 1.29 is 9.32 Å². The van der Waals surface area contributed by atoms with Crippen LogP contribution in [0.25, 0.3) is 22.8 Å². The van der Waals surface area contributed by atoms with Crippen LogP contribution in [0.5, 0.6) is 0 Å². The molecule has 2 heterocycles. The highest BCUT2D eigenvalue weighted by Crippen LogP contribution is 2.26. The Morgan fingerprint density at radius 3 is 2.30 bits per heavy atom. The average molecular weight is 362 g/mol. The fourth-order valence-corrected chi connectivity index (χ4v) is 3.33. The maximum Gasteiger partial charge on any atom is 0.258 e. The third-order valence-corrected chi connectivity index (χ3v) is 4.72. The Bertz CT molecular complexity index is 910. The summed E-state index contributed by atoms with van der Waals surface area (Å²) in [6, 6.07) is 15.7. The van der Waals surface area contributed by atoms with Crippen LogP contribution < -0.4 is 10.2 Å². The van der Waals surface area contributed by atoms with Crippen LogP contribution in [-0.4, -0.2) is 29.1 Å². The summed E-state index contributed by atoms with van der Waals surface area (Å²) in [4.78, 5) is 18.0. The van der Waals surface area contributed by atoms with E-state index in [-0.39, 0.29) is 5.91 Å². The second kappa shape index (κ2) is 7.61. The number of aromatic nitrogens is 2. The molecule has 2 aromatic carbocycles. The first-order chi connectivity index (χ1) is 13.2. The fraction of sp³-hybridized carbons (Fsp3) is 0.286. The molecule has 0 saturated carbocycles. The number of carbonyl (C=O) groups excluding carboxylic acids is 1. The molecule has 0 bridgehead atoms. The van der Waals surface area contributed by atoms with Crippen molar-refractivity contribution in [2.24, 2.45) is 0 Å². The summed E-state index contributed by atoms with van der Waals surface area (Å²) < 4.78 is 5.41. The first-order valence-corrected chi connectivity index (χ1v) is 9.26. The smallest absolute Gasteiger partial charge is 0.258 e. The second-order valence-electron chi connectivity index (χ2n) is 6.78. The Kier molecular flexibility index (Phi) is 4.87. The van der Waals surface area contributed by atoms with Gasteiger partial charge >= 0.3 is 0 Å². The molecule has 3 aromatic rings. The zero-order valence-corrected chi connectivity index (χ0v) is 15.3. The maximum absolute atomic E-state index is 11.1. The standard InChI is InChI=1S/C21H22N4O2/c1-15(26)22-18-9-5-17(6-10-18)21-23-20(24-27-21)16-7-11-19(12-8-16)25-13-3-2-4-14-25/h5-12H,2-4,13-14H2,1H3,(H,22,26). The third kappa shape index (κ3) is 4.00. The molecule has 0 unspecified atom stereocenters. The Labute approximate surface area is 158 Å². The van der Waals surface area contributed by atoms with Crippen molar-refractivity contribution in [1.82, 2.24) is 10.1 Å². The van der Waals surface area contributed by atoms with Crippen molar-refractivity contribution in [2.75, 3.05) is 23.3 Å². The van der Waals surface area contributed by atoms with E-state index in [1.54, 1.807) is 0 Å². The highest BCUT2D eigenvalue weighted by atomic mass is 16.5. The Morgan fingerprint density at radius 1 is 0.963 bits per heavy atom. The molecular formula is C21H22N4O2. The molecule has 0 aliphatic carbocycles. The monoisotopic (exact) mass is 362 g/mol. The summed E-state index contributed by atoms with van der Waals surface area (Å²) >= 11 is 0. The largest absolute Gasteiger partial charge is 0.372 e. The van der Waals surface area contributed by atoms with Gasteiger partial charge in [-0.1, -0.05) is 5.16 Å². The molecule has 1 saturated heterocycles. The molecule has 1 amide bonds. The SMILES string of the molecule is CC(=O)Nc1ccc(-c2nc(-c3ccc(N4CCCCC4)cc3)no2)cc1. The highest BCUT2D eigenvalue weighted by Gasteiger charge is 2.13. The van der Waals surface area contributed by atoms with E-state index in [9.17, 15) is 4.79 Å². The zero-order valence-electron chi connectivity index (χ0n) is 15.3. The summed E-state index contributed by atoms with van der Waals surface area (Å²) in [7, 11) is 0. The minimum Gasteiger partial charge on any atom is -0.372 e. The molecule has 1 aromatic heterocycles. The lowest BCUT2D eigenvalue weighted by atomic mass is 10.1. The van der Waals surface area contributed by atoms with E-state index in [4.69, 9.17) is 4.52 Å². The summed E-state index contributed by atoms with van der Waals surface area (Å²) in [6.07, 6.45) is 3.85. The second-order valence-corrected chi connectivity index (χ2v) is 6.78. The molecule has 0 atom stereocenters. The number of anilines is 2. The first-order valence-electron chi connectivity index (χ1n) is 9.26. The van der Waals surface area contributed by atoms with Crippen LogP contribution >= 0.6 is 0 Å². The van der Waals surface area contributed by atoms with E-state index < -0.39 is 0 Å². The molecule has 0 spiro atoms. The number of carbonyl (C=O) groups is 1. The number of piperidine rings is 1. The van der Waals surface area contributed by atoms with Gasteiger partial charge in [0, 0.05) is 42.5 Å². The predicted molar refractivity (Wildman–Crippen MR) is 106 cm³/mol. The molecule has 1 aliphatic rings. The Hall–Kier alpha value is -3.15. The molecule has 1 fully saturated rings. The van der Waals surface area contributed by atoms with Gasteiger partial charge in [0.2, 0.25) is 11.7 Å². The zero-order chi connectivity index (χ0) is 18.6. The lowest BCUT2D eigenvalue weighted by Gasteiger charge is -2.28. The topological polar surface area (TPSA) is 71.3 Å². The van der Waals surface area contributed by atoms with Gasteiger partial charge in [-0.05, 0) is 67.8 Å². The molecule has 0 radical (unpaired) electrons. The number of hydrogen-bond donors (Lipinski definition) is 1.